The Kier molecular flexibility index (Phi) is 2.43. The Morgan fingerprint density at radius 3 is 2.71 bits per heavy atom. The number of aryl methyl sites for hydroxylation is 1. The van der Waals surface area contributed by atoms with Crippen molar-refractivity contribution >= 4 is 34.1 Å². The van der Waals surface area contributed by atoms with Crippen LogP contribution in [-0.2, 0) is 13.6 Å². The third-order valence-corrected chi connectivity index (χ3v) is 2.80. The highest BCUT2D eigenvalue weighted by Crippen LogP contribution is 2.30. The van der Waals surface area contributed by atoms with Gasteiger partial charge in [0.25, 0.3) is 0 Å². The third kappa shape index (κ3) is 1.40. The number of nitrogens with zero attached hydrogens (tertiary/aromatic N) is 1. The molecule has 2 N–H and O–H groups in total. The van der Waals surface area contributed by atoms with Crippen LogP contribution in [0.15, 0.2) is 18.3 Å². The number of hydrogen-bond acceptors (Lipinski definition) is 1. The van der Waals surface area contributed by atoms with Crippen molar-refractivity contribution in [2.45, 2.75) is 6.54 Å². The number of fused-ring (bicyclic) bond motifs is 1. The normalized spacial score (nSPS) is 11.1. The Labute approximate surface area is 92.2 Å². The van der Waals surface area contributed by atoms with Gasteiger partial charge in [0.15, 0.2) is 0 Å². The second-order valence-electron chi connectivity index (χ2n) is 3.25. The van der Waals surface area contributed by atoms with Crippen LogP contribution in [0.1, 0.15) is 5.56 Å². The molecule has 1 heterocycles. The second kappa shape index (κ2) is 3.46. The number of rotatable bonds is 1. The van der Waals surface area contributed by atoms with Gasteiger partial charge in [0.2, 0.25) is 0 Å². The van der Waals surface area contributed by atoms with Gasteiger partial charge < -0.3 is 10.3 Å². The lowest BCUT2D eigenvalue weighted by Crippen LogP contribution is -1.94. The number of hydrogen-bond donors (Lipinski definition) is 1. The van der Waals surface area contributed by atoms with Crippen molar-refractivity contribution in [2.24, 2.45) is 12.8 Å². The zero-order valence-corrected chi connectivity index (χ0v) is 9.23. The van der Waals surface area contributed by atoms with Crippen LogP contribution in [-0.4, -0.2) is 4.57 Å². The van der Waals surface area contributed by atoms with E-state index in [0.29, 0.717) is 16.6 Å². The summed E-state index contributed by atoms with van der Waals surface area (Å²) in [5, 5.41) is 2.34. The van der Waals surface area contributed by atoms with Crippen molar-refractivity contribution in [3.05, 3.63) is 33.9 Å². The summed E-state index contributed by atoms with van der Waals surface area (Å²) < 4.78 is 1.97. The van der Waals surface area contributed by atoms with Gasteiger partial charge in [-0.15, -0.1) is 0 Å². The Morgan fingerprint density at radius 1 is 1.36 bits per heavy atom. The molecule has 0 saturated carbocycles. The molecule has 0 atom stereocenters. The Bertz CT molecular complexity index is 488. The molecule has 0 spiro atoms. The van der Waals surface area contributed by atoms with Crippen LogP contribution < -0.4 is 5.73 Å². The van der Waals surface area contributed by atoms with Crippen LogP contribution >= 0.6 is 23.2 Å². The molecule has 0 amide bonds. The summed E-state index contributed by atoms with van der Waals surface area (Å²) in [7, 11) is 1.95. The molecule has 0 radical (unpaired) electrons. The molecule has 0 aliphatic rings. The maximum absolute atomic E-state index is 6.09. The average Bonchev–Trinajstić information content (AvgIpc) is 2.42. The van der Waals surface area contributed by atoms with Crippen molar-refractivity contribution in [2.75, 3.05) is 0 Å². The molecule has 2 nitrogen and oxygen atoms in total. The minimum Gasteiger partial charge on any atom is -0.349 e. The summed E-state index contributed by atoms with van der Waals surface area (Å²) in [6, 6.07) is 3.64. The van der Waals surface area contributed by atoms with E-state index >= 15 is 0 Å². The van der Waals surface area contributed by atoms with Crippen LogP contribution in [0.4, 0.5) is 0 Å². The molecule has 4 heteroatoms. The van der Waals surface area contributed by atoms with E-state index in [9.17, 15) is 0 Å². The zero-order chi connectivity index (χ0) is 10.3. The number of aromatic nitrogens is 1. The minimum atomic E-state index is 0.494. The molecule has 0 saturated heterocycles. The first kappa shape index (κ1) is 9.84. The van der Waals surface area contributed by atoms with Crippen LogP contribution in [0.25, 0.3) is 10.9 Å². The van der Waals surface area contributed by atoms with Gasteiger partial charge in [-0.1, -0.05) is 23.2 Å². The quantitative estimate of drug-likeness (QED) is 0.800. The molecular formula is C10H10Cl2N2. The molecule has 2 aromatic rings. The van der Waals surface area contributed by atoms with E-state index in [4.69, 9.17) is 28.9 Å². The molecule has 0 unspecified atom stereocenters. The van der Waals surface area contributed by atoms with Gasteiger partial charge in [0.1, 0.15) is 0 Å². The van der Waals surface area contributed by atoms with Crippen LogP contribution in [0.5, 0.6) is 0 Å². The van der Waals surface area contributed by atoms with Crippen molar-refractivity contribution in [1.82, 2.24) is 4.57 Å². The highest BCUT2D eigenvalue weighted by atomic mass is 35.5. The van der Waals surface area contributed by atoms with E-state index in [1.54, 1.807) is 6.07 Å². The van der Waals surface area contributed by atoms with E-state index in [-0.39, 0.29) is 0 Å². The minimum absolute atomic E-state index is 0.494. The summed E-state index contributed by atoms with van der Waals surface area (Å²) in [6.45, 7) is 0.494. The largest absolute Gasteiger partial charge is 0.349 e. The monoisotopic (exact) mass is 228 g/mol. The standard InChI is InChI=1S/C10H10Cl2N2/c1-14-5-6(4-13)8-2-7(11)3-9(12)10(8)14/h2-3,5H,4,13H2,1H3. The Balaban J connectivity index is 2.89. The number of benzene rings is 1. The lowest BCUT2D eigenvalue weighted by molar-refractivity contribution is 0.949. The SMILES string of the molecule is Cn1cc(CN)c2cc(Cl)cc(Cl)c21. The summed E-state index contributed by atoms with van der Waals surface area (Å²) in [5.41, 5.74) is 7.67. The van der Waals surface area contributed by atoms with E-state index in [1.807, 2.05) is 23.9 Å². The molecule has 2 rings (SSSR count). The molecule has 14 heavy (non-hydrogen) atoms. The van der Waals surface area contributed by atoms with E-state index in [1.165, 1.54) is 0 Å². The van der Waals surface area contributed by atoms with Gasteiger partial charge >= 0.3 is 0 Å². The highest BCUT2D eigenvalue weighted by molar-refractivity contribution is 6.38. The summed E-state index contributed by atoms with van der Waals surface area (Å²) >= 11 is 12.0. The maximum Gasteiger partial charge on any atom is 0.0671 e. The predicted molar refractivity (Wildman–Crippen MR) is 60.8 cm³/mol. The van der Waals surface area contributed by atoms with Crippen LogP contribution in [0.3, 0.4) is 0 Å². The Hall–Kier alpha value is -0.700. The van der Waals surface area contributed by atoms with Gasteiger partial charge in [0, 0.05) is 30.2 Å². The first-order valence-electron chi connectivity index (χ1n) is 4.26. The van der Waals surface area contributed by atoms with Crippen LogP contribution in [0, 0.1) is 0 Å². The fraction of sp³-hybridized carbons (Fsp3) is 0.200. The smallest absolute Gasteiger partial charge is 0.0671 e. The van der Waals surface area contributed by atoms with Crippen molar-refractivity contribution in [3.63, 3.8) is 0 Å². The summed E-state index contributed by atoms with van der Waals surface area (Å²) in [5.74, 6) is 0. The first-order chi connectivity index (χ1) is 6.63. The van der Waals surface area contributed by atoms with Crippen molar-refractivity contribution in [3.8, 4) is 0 Å². The molecule has 0 aliphatic heterocycles. The molecule has 0 aliphatic carbocycles. The fourth-order valence-electron chi connectivity index (χ4n) is 1.70. The van der Waals surface area contributed by atoms with Crippen molar-refractivity contribution < 1.29 is 0 Å². The molecular weight excluding hydrogens is 219 g/mol. The first-order valence-corrected chi connectivity index (χ1v) is 5.02. The number of nitrogens with two attached hydrogens (primary N) is 1. The van der Waals surface area contributed by atoms with Gasteiger partial charge in [-0.25, -0.2) is 0 Å². The topological polar surface area (TPSA) is 30.9 Å². The van der Waals surface area contributed by atoms with Gasteiger partial charge in [-0.05, 0) is 17.7 Å². The Morgan fingerprint density at radius 2 is 2.07 bits per heavy atom. The molecule has 74 valence electrons. The molecule has 1 aromatic heterocycles. The zero-order valence-electron chi connectivity index (χ0n) is 7.72. The second-order valence-corrected chi connectivity index (χ2v) is 4.10. The van der Waals surface area contributed by atoms with E-state index in [2.05, 4.69) is 0 Å². The van der Waals surface area contributed by atoms with Crippen molar-refractivity contribution in [1.29, 1.82) is 0 Å². The average molecular weight is 229 g/mol. The van der Waals surface area contributed by atoms with Crippen LogP contribution in [0.2, 0.25) is 10.0 Å². The van der Waals surface area contributed by atoms with E-state index < -0.39 is 0 Å². The predicted octanol–water partition coefficient (Wildman–Crippen LogP) is 2.94. The summed E-state index contributed by atoms with van der Waals surface area (Å²) in [6.07, 6.45) is 1.98. The lowest BCUT2D eigenvalue weighted by atomic mass is 10.2. The molecule has 1 aromatic carbocycles. The molecule has 0 fully saturated rings. The fourth-order valence-corrected chi connectivity index (χ4v) is 2.33. The molecule has 0 bridgehead atoms. The third-order valence-electron chi connectivity index (χ3n) is 2.30. The lowest BCUT2D eigenvalue weighted by Gasteiger charge is -2.00. The number of halogens is 2. The van der Waals surface area contributed by atoms with Gasteiger partial charge in [0.05, 0.1) is 10.5 Å². The summed E-state index contributed by atoms with van der Waals surface area (Å²) in [4.78, 5) is 0. The maximum atomic E-state index is 6.09. The van der Waals surface area contributed by atoms with Gasteiger partial charge in [-0.2, -0.15) is 0 Å². The highest BCUT2D eigenvalue weighted by Gasteiger charge is 2.09. The van der Waals surface area contributed by atoms with Gasteiger partial charge in [-0.3, -0.25) is 0 Å². The van der Waals surface area contributed by atoms with E-state index in [0.717, 1.165) is 16.5 Å².